The van der Waals surface area contributed by atoms with Gasteiger partial charge < -0.3 is 5.32 Å². The Morgan fingerprint density at radius 3 is 2.53 bits per heavy atom. The van der Waals surface area contributed by atoms with Crippen molar-refractivity contribution in [1.29, 1.82) is 0 Å². The minimum absolute atomic E-state index is 0.299. The Kier molecular flexibility index (Phi) is 4.56. The predicted octanol–water partition coefficient (Wildman–Crippen LogP) is 4.58. The second-order valence-corrected chi connectivity index (χ2v) is 5.03. The van der Waals surface area contributed by atoms with Crippen LogP contribution in [0.3, 0.4) is 0 Å². The fourth-order valence-electron chi connectivity index (χ4n) is 1.53. The quantitative estimate of drug-likeness (QED) is 0.813. The van der Waals surface area contributed by atoms with Gasteiger partial charge in [-0.15, -0.1) is 11.6 Å². The Morgan fingerprint density at radius 1 is 1.21 bits per heavy atom. The number of amides is 1. The lowest BCUT2D eigenvalue weighted by Gasteiger charge is -2.08. The Labute approximate surface area is 123 Å². The average Bonchev–Trinajstić information content (AvgIpc) is 2.43. The number of carbonyl (C=O) groups is 1. The van der Waals surface area contributed by atoms with Gasteiger partial charge in [0.25, 0.3) is 5.91 Å². The van der Waals surface area contributed by atoms with Crippen molar-refractivity contribution in [3.8, 4) is 0 Å². The maximum absolute atomic E-state index is 13.1. The first-order chi connectivity index (χ1) is 9.10. The van der Waals surface area contributed by atoms with Crippen LogP contribution in [0.5, 0.6) is 0 Å². The summed E-state index contributed by atoms with van der Waals surface area (Å²) in [5.74, 6) is -0.305. The second-order valence-electron chi connectivity index (χ2n) is 3.91. The summed E-state index contributed by atoms with van der Waals surface area (Å²) in [6.45, 7) is 0. The number of rotatable bonds is 3. The number of alkyl halides is 1. The molecule has 0 bridgehead atoms. The summed E-state index contributed by atoms with van der Waals surface area (Å²) in [5.41, 5.74) is 1.82. The highest BCUT2D eigenvalue weighted by Crippen LogP contribution is 2.23. The number of anilines is 1. The molecule has 5 heteroatoms. The normalized spacial score (nSPS) is 10.3. The lowest BCUT2D eigenvalue weighted by Crippen LogP contribution is -2.12. The zero-order valence-corrected chi connectivity index (χ0v) is 12.1. The third-order valence-corrected chi connectivity index (χ3v) is 3.55. The molecule has 0 aromatic heterocycles. The monoisotopic (exact) mass is 341 g/mol. The van der Waals surface area contributed by atoms with Gasteiger partial charge in [0.05, 0.1) is 5.69 Å². The molecule has 0 saturated carbocycles. The van der Waals surface area contributed by atoms with Gasteiger partial charge in [0.1, 0.15) is 5.82 Å². The van der Waals surface area contributed by atoms with Gasteiger partial charge in [0, 0.05) is 15.9 Å². The van der Waals surface area contributed by atoms with Crippen LogP contribution in [-0.4, -0.2) is 5.91 Å². The molecule has 0 saturated heterocycles. The Balaban J connectivity index is 2.18. The van der Waals surface area contributed by atoms with Gasteiger partial charge in [-0.3, -0.25) is 4.79 Å². The molecule has 2 aromatic carbocycles. The van der Waals surface area contributed by atoms with Crippen molar-refractivity contribution in [2.24, 2.45) is 0 Å². The molecule has 2 rings (SSSR count). The third-order valence-electron chi connectivity index (χ3n) is 2.55. The number of hydrogen-bond donors (Lipinski definition) is 1. The topological polar surface area (TPSA) is 29.1 Å². The molecule has 0 fully saturated rings. The van der Waals surface area contributed by atoms with Crippen LogP contribution in [0.4, 0.5) is 10.1 Å². The summed E-state index contributed by atoms with van der Waals surface area (Å²) < 4.78 is 13.7. The molecule has 0 aliphatic heterocycles. The number of nitrogens with one attached hydrogen (secondary N) is 1. The van der Waals surface area contributed by atoms with E-state index >= 15 is 0 Å². The van der Waals surface area contributed by atoms with E-state index in [1.165, 1.54) is 12.1 Å². The van der Waals surface area contributed by atoms with E-state index in [4.69, 9.17) is 11.6 Å². The van der Waals surface area contributed by atoms with Gasteiger partial charge in [-0.1, -0.05) is 12.1 Å². The molecule has 0 unspecified atom stereocenters. The van der Waals surface area contributed by atoms with Crippen molar-refractivity contribution in [3.05, 3.63) is 63.9 Å². The average molecular weight is 343 g/mol. The van der Waals surface area contributed by atoms with Crippen LogP contribution in [0.15, 0.2) is 46.9 Å². The van der Waals surface area contributed by atoms with Crippen LogP contribution in [0.25, 0.3) is 0 Å². The summed E-state index contributed by atoms with van der Waals surface area (Å²) in [6, 6.07) is 11.0. The van der Waals surface area contributed by atoms with Crippen molar-refractivity contribution < 1.29 is 9.18 Å². The predicted molar refractivity (Wildman–Crippen MR) is 78.1 cm³/mol. The zero-order valence-electron chi connectivity index (χ0n) is 9.79. The molecule has 98 valence electrons. The number of halogens is 3. The number of benzene rings is 2. The first kappa shape index (κ1) is 14.0. The SMILES string of the molecule is O=C(Nc1cc(F)ccc1Br)c1ccc(CCl)cc1. The molecule has 2 aromatic rings. The van der Waals surface area contributed by atoms with Crippen molar-refractivity contribution >= 4 is 39.1 Å². The van der Waals surface area contributed by atoms with E-state index in [1.54, 1.807) is 30.3 Å². The summed E-state index contributed by atoms with van der Waals surface area (Å²) in [7, 11) is 0. The van der Waals surface area contributed by atoms with Crippen molar-refractivity contribution in [1.82, 2.24) is 0 Å². The van der Waals surface area contributed by atoms with Crippen LogP contribution < -0.4 is 5.32 Å². The van der Waals surface area contributed by atoms with E-state index in [0.717, 1.165) is 5.56 Å². The van der Waals surface area contributed by atoms with Crippen molar-refractivity contribution in [3.63, 3.8) is 0 Å². The zero-order chi connectivity index (χ0) is 13.8. The molecule has 0 atom stereocenters. The summed E-state index contributed by atoms with van der Waals surface area (Å²) in [5, 5.41) is 2.65. The number of carbonyl (C=O) groups excluding carboxylic acids is 1. The van der Waals surface area contributed by atoms with Crippen LogP contribution in [0.2, 0.25) is 0 Å². The van der Waals surface area contributed by atoms with Gasteiger partial charge in [0.2, 0.25) is 0 Å². The summed E-state index contributed by atoms with van der Waals surface area (Å²) >= 11 is 8.93. The van der Waals surface area contributed by atoms with Crippen LogP contribution in [-0.2, 0) is 5.88 Å². The highest BCUT2D eigenvalue weighted by molar-refractivity contribution is 9.10. The first-order valence-electron chi connectivity index (χ1n) is 5.51. The molecule has 0 aliphatic carbocycles. The van der Waals surface area contributed by atoms with Gasteiger partial charge in [0.15, 0.2) is 0 Å². The Hall–Kier alpha value is -1.39. The minimum Gasteiger partial charge on any atom is -0.321 e. The third kappa shape index (κ3) is 3.55. The molecule has 1 amide bonds. The van der Waals surface area contributed by atoms with Crippen LogP contribution >= 0.6 is 27.5 Å². The van der Waals surface area contributed by atoms with Gasteiger partial charge >= 0.3 is 0 Å². The molecular formula is C14H10BrClFNO. The first-order valence-corrected chi connectivity index (χ1v) is 6.84. The maximum atomic E-state index is 13.1. The van der Waals surface area contributed by atoms with E-state index in [1.807, 2.05) is 0 Å². The lowest BCUT2D eigenvalue weighted by molar-refractivity contribution is 0.102. The summed E-state index contributed by atoms with van der Waals surface area (Å²) in [4.78, 5) is 12.0. The Bertz CT molecular complexity index is 601. The molecule has 0 heterocycles. The van der Waals surface area contributed by atoms with Crippen LogP contribution in [0.1, 0.15) is 15.9 Å². The molecule has 0 spiro atoms. The fraction of sp³-hybridized carbons (Fsp3) is 0.0714. The van der Waals surface area contributed by atoms with E-state index in [9.17, 15) is 9.18 Å². The molecule has 2 nitrogen and oxygen atoms in total. The second kappa shape index (κ2) is 6.17. The Morgan fingerprint density at radius 2 is 1.89 bits per heavy atom. The standard InChI is InChI=1S/C14H10BrClFNO/c15-12-6-5-11(17)7-13(12)18-14(19)10-3-1-9(8-16)2-4-10/h1-7H,8H2,(H,18,19). The fourth-order valence-corrected chi connectivity index (χ4v) is 2.06. The molecule has 0 aliphatic rings. The van der Waals surface area contributed by atoms with Gasteiger partial charge in [-0.2, -0.15) is 0 Å². The van der Waals surface area contributed by atoms with Gasteiger partial charge in [-0.25, -0.2) is 4.39 Å². The molecule has 19 heavy (non-hydrogen) atoms. The van der Waals surface area contributed by atoms with Crippen molar-refractivity contribution in [2.45, 2.75) is 5.88 Å². The minimum atomic E-state index is -0.406. The van der Waals surface area contributed by atoms with Gasteiger partial charge in [-0.05, 0) is 51.8 Å². The van der Waals surface area contributed by atoms with E-state index < -0.39 is 5.82 Å². The molecule has 0 radical (unpaired) electrons. The lowest BCUT2D eigenvalue weighted by atomic mass is 10.1. The number of hydrogen-bond acceptors (Lipinski definition) is 1. The van der Waals surface area contributed by atoms with Crippen molar-refractivity contribution in [2.75, 3.05) is 5.32 Å². The maximum Gasteiger partial charge on any atom is 0.255 e. The summed E-state index contributed by atoms with van der Waals surface area (Å²) in [6.07, 6.45) is 0. The van der Waals surface area contributed by atoms with E-state index in [0.29, 0.717) is 21.6 Å². The van der Waals surface area contributed by atoms with E-state index in [-0.39, 0.29) is 5.91 Å². The highest BCUT2D eigenvalue weighted by atomic mass is 79.9. The van der Waals surface area contributed by atoms with E-state index in [2.05, 4.69) is 21.2 Å². The smallest absolute Gasteiger partial charge is 0.255 e. The molecule has 1 N–H and O–H groups in total. The molecular weight excluding hydrogens is 333 g/mol. The van der Waals surface area contributed by atoms with Crippen LogP contribution in [0, 0.1) is 5.82 Å². The highest BCUT2D eigenvalue weighted by Gasteiger charge is 2.09. The largest absolute Gasteiger partial charge is 0.321 e.